The number of sulfonamides is 1. The minimum atomic E-state index is -4.34. The first kappa shape index (κ1) is 29.6. The third kappa shape index (κ3) is 6.53. The first-order chi connectivity index (χ1) is 20.0. The molecule has 13 heteroatoms. The number of nitrogens with zero attached hydrogens (tertiary/aromatic N) is 2. The van der Waals surface area contributed by atoms with Gasteiger partial charge in [0.15, 0.2) is 5.69 Å². The highest BCUT2D eigenvalue weighted by Crippen LogP contribution is 2.39. The normalized spacial score (nSPS) is 28.9. The Kier molecular flexibility index (Phi) is 8.38. The first-order valence-corrected chi connectivity index (χ1v) is 16.4. The Labute approximate surface area is 243 Å². The molecule has 3 aliphatic heterocycles. The molecule has 4 fully saturated rings. The van der Waals surface area contributed by atoms with Crippen molar-refractivity contribution in [1.82, 2.24) is 20.1 Å². The van der Waals surface area contributed by atoms with Gasteiger partial charge < -0.3 is 19.9 Å². The van der Waals surface area contributed by atoms with E-state index in [-0.39, 0.29) is 53.4 Å². The Morgan fingerprint density at radius 1 is 0.976 bits per heavy atom. The number of benzene rings is 1. The predicted octanol–water partition coefficient (Wildman–Crippen LogP) is 4.21. The van der Waals surface area contributed by atoms with E-state index in [1.807, 2.05) is 0 Å². The van der Waals surface area contributed by atoms with Gasteiger partial charge in [-0.25, -0.2) is 8.42 Å². The summed E-state index contributed by atoms with van der Waals surface area (Å²) in [6.45, 7) is 1.61. The van der Waals surface area contributed by atoms with Crippen molar-refractivity contribution in [2.45, 2.75) is 94.2 Å². The van der Waals surface area contributed by atoms with Crippen LogP contribution in [0.4, 0.5) is 13.2 Å². The van der Waals surface area contributed by atoms with Crippen LogP contribution in [0.25, 0.3) is 0 Å². The van der Waals surface area contributed by atoms with Crippen LogP contribution in [0, 0.1) is 5.92 Å². The third-order valence-corrected chi connectivity index (χ3v) is 11.4. The summed E-state index contributed by atoms with van der Waals surface area (Å²) in [4.78, 5) is 12.8. The Bertz CT molecular complexity index is 1340. The van der Waals surface area contributed by atoms with E-state index in [1.54, 1.807) is 10.4 Å². The topological polar surface area (TPSA) is 114 Å². The largest absolute Gasteiger partial charge is 0.416 e. The highest BCUT2D eigenvalue weighted by Gasteiger charge is 2.47. The van der Waals surface area contributed by atoms with Crippen molar-refractivity contribution in [3.8, 4) is 0 Å². The van der Waals surface area contributed by atoms with Crippen molar-refractivity contribution in [3.63, 3.8) is 0 Å². The second-order valence-electron chi connectivity index (χ2n) is 12.3. The second kappa shape index (κ2) is 11.9. The molecule has 1 aromatic heterocycles. The van der Waals surface area contributed by atoms with Crippen LogP contribution in [0.5, 0.6) is 0 Å². The summed E-state index contributed by atoms with van der Waals surface area (Å²) in [5, 5.41) is 10.4. The van der Waals surface area contributed by atoms with E-state index >= 15 is 0 Å². The minimum Gasteiger partial charge on any atom is -0.380 e. The Morgan fingerprint density at radius 2 is 1.64 bits per heavy atom. The van der Waals surface area contributed by atoms with Crippen LogP contribution < -0.4 is 10.6 Å². The van der Waals surface area contributed by atoms with E-state index in [1.165, 1.54) is 12.1 Å². The van der Waals surface area contributed by atoms with Gasteiger partial charge in [0, 0.05) is 36.8 Å². The molecule has 1 amide bonds. The molecule has 0 radical (unpaired) electrons. The molecule has 3 saturated heterocycles. The van der Waals surface area contributed by atoms with E-state index in [4.69, 9.17) is 9.26 Å². The van der Waals surface area contributed by atoms with Gasteiger partial charge in [-0.2, -0.15) is 17.5 Å². The number of hydrogen-bond donors (Lipinski definition) is 2. The zero-order valence-electron chi connectivity index (χ0n) is 23.3. The summed E-state index contributed by atoms with van der Waals surface area (Å²) in [5.41, 5.74) is 0.372. The smallest absolute Gasteiger partial charge is 0.380 e. The van der Waals surface area contributed by atoms with Crippen LogP contribution >= 0.6 is 0 Å². The maximum atomic E-state index is 13.6. The van der Waals surface area contributed by atoms with E-state index in [0.29, 0.717) is 38.4 Å². The van der Waals surface area contributed by atoms with Gasteiger partial charge in [-0.1, -0.05) is 17.3 Å². The SMILES string of the molecule is O=C(NC1C[C@H]2CC[C@@H](C1)N2S(=O)(=O)CC1CCC(NCc2ccc(C(F)(F)F)cc2)CC1)c1cc(C2COC2)on1. The summed E-state index contributed by atoms with van der Waals surface area (Å²) in [6, 6.07) is 6.73. The average molecular weight is 611 g/mol. The number of aromatic nitrogens is 1. The van der Waals surface area contributed by atoms with Crippen molar-refractivity contribution in [3.05, 3.63) is 52.9 Å². The van der Waals surface area contributed by atoms with Crippen molar-refractivity contribution < 1.29 is 35.6 Å². The predicted molar refractivity (Wildman–Crippen MR) is 147 cm³/mol. The molecule has 4 heterocycles. The van der Waals surface area contributed by atoms with E-state index < -0.39 is 21.8 Å². The van der Waals surface area contributed by atoms with E-state index in [0.717, 1.165) is 56.2 Å². The number of carbonyl (C=O) groups excluding carboxylic acids is 1. The van der Waals surface area contributed by atoms with Gasteiger partial charge >= 0.3 is 6.18 Å². The third-order valence-electron chi connectivity index (χ3n) is 9.29. The molecule has 1 unspecified atom stereocenters. The fraction of sp³-hybridized carbons (Fsp3) is 0.655. The number of rotatable bonds is 9. The summed E-state index contributed by atoms with van der Waals surface area (Å²) < 4.78 is 77.7. The number of carbonyl (C=O) groups is 1. The molecule has 9 nitrogen and oxygen atoms in total. The zero-order valence-corrected chi connectivity index (χ0v) is 24.1. The van der Waals surface area contributed by atoms with Gasteiger partial charge in [-0.15, -0.1) is 0 Å². The molecular weight excluding hydrogens is 573 g/mol. The number of hydrogen-bond acceptors (Lipinski definition) is 7. The van der Waals surface area contributed by atoms with Crippen LogP contribution in [0.3, 0.4) is 0 Å². The van der Waals surface area contributed by atoms with Crippen LogP contribution in [0.1, 0.15) is 84.7 Å². The molecule has 1 aromatic carbocycles. The lowest BCUT2D eigenvalue weighted by molar-refractivity contribution is -0.137. The van der Waals surface area contributed by atoms with Crippen LogP contribution in [0.15, 0.2) is 34.9 Å². The number of ether oxygens (including phenoxy) is 1. The number of halogens is 3. The number of fused-ring (bicyclic) bond motifs is 2. The molecule has 42 heavy (non-hydrogen) atoms. The summed E-state index contributed by atoms with van der Waals surface area (Å²) in [6.07, 6.45) is 1.67. The monoisotopic (exact) mass is 610 g/mol. The quantitative estimate of drug-likeness (QED) is 0.437. The fourth-order valence-electron chi connectivity index (χ4n) is 6.95. The second-order valence-corrected chi connectivity index (χ2v) is 14.2. The lowest BCUT2D eigenvalue weighted by Gasteiger charge is -2.39. The Morgan fingerprint density at radius 3 is 2.24 bits per heavy atom. The van der Waals surface area contributed by atoms with Crippen LogP contribution in [-0.4, -0.2) is 66.9 Å². The number of alkyl halides is 3. The van der Waals surface area contributed by atoms with E-state index in [2.05, 4.69) is 15.8 Å². The molecule has 4 aliphatic rings. The lowest BCUT2D eigenvalue weighted by atomic mass is 9.87. The van der Waals surface area contributed by atoms with Crippen molar-refractivity contribution >= 4 is 15.9 Å². The minimum absolute atomic E-state index is 0.0818. The lowest BCUT2D eigenvalue weighted by Crippen LogP contribution is -2.53. The number of amides is 1. The molecule has 1 aliphatic carbocycles. The Hall–Kier alpha value is -2.48. The maximum absolute atomic E-state index is 13.6. The molecule has 2 aromatic rings. The van der Waals surface area contributed by atoms with Crippen molar-refractivity contribution in [2.75, 3.05) is 19.0 Å². The molecule has 1 saturated carbocycles. The highest BCUT2D eigenvalue weighted by atomic mass is 32.2. The Balaban J connectivity index is 0.958. The molecule has 0 spiro atoms. The average Bonchev–Trinajstić information content (AvgIpc) is 3.50. The summed E-state index contributed by atoms with van der Waals surface area (Å²) >= 11 is 0. The summed E-state index contributed by atoms with van der Waals surface area (Å²) in [5.74, 6) is 0.710. The molecule has 6 rings (SSSR count). The standard InChI is InChI=1S/C29H37F3N4O5S/c30-29(31,32)21-5-1-18(2-6-21)14-33-22-7-3-19(4-8-22)17-42(38,39)36-24-9-10-25(36)12-23(11-24)34-28(37)26-13-27(41-35-26)20-15-40-16-20/h1-2,5-6,13,19-20,22-25,33H,3-4,7-12,14-17H2,(H,34,37)/t19?,22?,23?,24-,25+. The zero-order chi connectivity index (χ0) is 29.5. The van der Waals surface area contributed by atoms with Crippen molar-refractivity contribution in [1.29, 1.82) is 0 Å². The molecule has 3 atom stereocenters. The van der Waals surface area contributed by atoms with Gasteiger partial charge in [0.1, 0.15) is 5.76 Å². The van der Waals surface area contributed by atoms with E-state index in [9.17, 15) is 26.4 Å². The van der Waals surface area contributed by atoms with Gasteiger partial charge in [0.05, 0.1) is 30.4 Å². The number of nitrogens with one attached hydrogen (secondary N) is 2. The molecule has 2 bridgehead atoms. The number of piperidine rings is 1. The van der Waals surface area contributed by atoms with Crippen LogP contribution in [0.2, 0.25) is 0 Å². The molecule has 230 valence electrons. The van der Waals surface area contributed by atoms with Gasteiger partial charge in [0.2, 0.25) is 10.0 Å². The molecule has 2 N–H and O–H groups in total. The van der Waals surface area contributed by atoms with Gasteiger partial charge in [0.25, 0.3) is 5.91 Å². The fourth-order valence-corrected chi connectivity index (χ4v) is 9.34. The maximum Gasteiger partial charge on any atom is 0.416 e. The van der Waals surface area contributed by atoms with Crippen molar-refractivity contribution in [2.24, 2.45) is 5.92 Å². The molecular formula is C29H37F3N4O5S. The summed E-state index contributed by atoms with van der Waals surface area (Å²) in [7, 11) is -3.45. The van der Waals surface area contributed by atoms with Gasteiger partial charge in [-0.05, 0) is 75.0 Å². The highest BCUT2D eigenvalue weighted by molar-refractivity contribution is 7.89. The first-order valence-electron chi connectivity index (χ1n) is 14.8. The van der Waals surface area contributed by atoms with Gasteiger partial charge in [-0.3, -0.25) is 4.79 Å². The van der Waals surface area contributed by atoms with Crippen LogP contribution in [-0.2, 0) is 27.5 Å².